The van der Waals surface area contributed by atoms with E-state index in [0.29, 0.717) is 5.56 Å². The standard InChI is InChI=1S/C10H14BrO4P.2Na/c1-6(2)8-5-10(15-16(12,13)14)7(3)4-9(8)11;;/h4-6H,1-3H3,(H2,12,13,14);;/q;2*+1/p-2. The molecule has 0 N–H and O–H groups in total. The molecule has 1 aromatic carbocycles. The molecule has 1 rings (SSSR count). The minimum absolute atomic E-state index is 0. The summed E-state index contributed by atoms with van der Waals surface area (Å²) in [5.41, 5.74) is 1.50. The molecule has 0 saturated heterocycles. The summed E-state index contributed by atoms with van der Waals surface area (Å²) in [6.07, 6.45) is 0. The van der Waals surface area contributed by atoms with Crippen molar-refractivity contribution < 1.29 is 78.0 Å². The summed E-state index contributed by atoms with van der Waals surface area (Å²) in [6, 6.07) is 3.31. The molecule has 8 heteroatoms. The normalized spacial score (nSPS) is 10.6. The number of rotatable bonds is 3. The summed E-state index contributed by atoms with van der Waals surface area (Å²) in [5.74, 6) is 0.301. The summed E-state index contributed by atoms with van der Waals surface area (Å²) in [6.45, 7) is 5.61. The van der Waals surface area contributed by atoms with E-state index in [9.17, 15) is 14.4 Å². The number of halogens is 1. The molecule has 0 aliphatic rings. The Morgan fingerprint density at radius 3 is 2.17 bits per heavy atom. The third-order valence-electron chi connectivity index (χ3n) is 2.13. The average molecular weight is 353 g/mol. The van der Waals surface area contributed by atoms with Gasteiger partial charge in [0, 0.05) is 4.47 Å². The molecule has 0 unspecified atom stereocenters. The van der Waals surface area contributed by atoms with Gasteiger partial charge in [-0.15, -0.1) is 0 Å². The molecule has 0 aromatic heterocycles. The molecule has 0 bridgehead atoms. The minimum Gasteiger partial charge on any atom is -0.780 e. The van der Waals surface area contributed by atoms with Crippen LogP contribution >= 0.6 is 23.8 Å². The minimum atomic E-state index is -5.00. The molecule has 0 aliphatic carbocycles. The van der Waals surface area contributed by atoms with Crippen LogP contribution in [0.3, 0.4) is 0 Å². The first-order valence-corrected chi connectivity index (χ1v) is 6.98. The Kier molecular flexibility index (Phi) is 10.8. The monoisotopic (exact) mass is 352 g/mol. The molecule has 0 aliphatic heterocycles. The van der Waals surface area contributed by atoms with Gasteiger partial charge in [-0.05, 0) is 36.1 Å². The van der Waals surface area contributed by atoms with Crippen LogP contribution in [0.1, 0.15) is 30.9 Å². The van der Waals surface area contributed by atoms with Crippen molar-refractivity contribution in [2.75, 3.05) is 0 Å². The predicted molar refractivity (Wildman–Crippen MR) is 61.2 cm³/mol. The zero-order chi connectivity index (χ0) is 12.5. The van der Waals surface area contributed by atoms with Crippen LogP contribution < -0.4 is 73.4 Å². The van der Waals surface area contributed by atoms with Gasteiger partial charge in [0.25, 0.3) is 0 Å². The van der Waals surface area contributed by atoms with E-state index >= 15 is 0 Å². The Labute approximate surface area is 160 Å². The van der Waals surface area contributed by atoms with E-state index in [-0.39, 0.29) is 70.8 Å². The molecule has 4 nitrogen and oxygen atoms in total. The van der Waals surface area contributed by atoms with E-state index < -0.39 is 7.82 Å². The van der Waals surface area contributed by atoms with Crippen LogP contribution in [0.25, 0.3) is 0 Å². The molecular formula is C10H12BrNa2O4P. The third kappa shape index (κ3) is 6.89. The van der Waals surface area contributed by atoms with Crippen LogP contribution in [0, 0.1) is 6.92 Å². The number of aryl methyl sites for hydroxylation is 1. The van der Waals surface area contributed by atoms with Gasteiger partial charge >= 0.3 is 59.1 Å². The molecule has 18 heavy (non-hydrogen) atoms. The van der Waals surface area contributed by atoms with Crippen LogP contribution in [-0.2, 0) is 4.57 Å². The second-order valence-electron chi connectivity index (χ2n) is 3.83. The van der Waals surface area contributed by atoms with Gasteiger partial charge in [0.2, 0.25) is 0 Å². The molecule has 0 spiro atoms. The number of phosphoric ester groups is 1. The van der Waals surface area contributed by atoms with Gasteiger partial charge < -0.3 is 18.9 Å². The predicted octanol–water partition coefficient (Wildman–Crippen LogP) is -3.90. The van der Waals surface area contributed by atoms with Crippen molar-refractivity contribution in [2.24, 2.45) is 0 Å². The maximum Gasteiger partial charge on any atom is 1.00 e. The molecule has 0 saturated carbocycles. The Morgan fingerprint density at radius 2 is 1.78 bits per heavy atom. The number of benzene rings is 1. The number of hydrogen-bond donors (Lipinski definition) is 0. The van der Waals surface area contributed by atoms with Gasteiger partial charge in [-0.2, -0.15) is 0 Å². The van der Waals surface area contributed by atoms with Crippen LogP contribution in [0.15, 0.2) is 16.6 Å². The second-order valence-corrected chi connectivity index (χ2v) is 5.76. The first-order chi connectivity index (χ1) is 7.20. The summed E-state index contributed by atoms with van der Waals surface area (Å²) in [5, 5.41) is 0. The first-order valence-electron chi connectivity index (χ1n) is 4.72. The van der Waals surface area contributed by atoms with Crippen molar-refractivity contribution in [3.05, 3.63) is 27.7 Å². The largest absolute Gasteiger partial charge is 1.00 e. The summed E-state index contributed by atoms with van der Waals surface area (Å²) < 4.78 is 15.8. The van der Waals surface area contributed by atoms with Crippen molar-refractivity contribution in [1.29, 1.82) is 0 Å². The van der Waals surface area contributed by atoms with Gasteiger partial charge in [0.1, 0.15) is 13.6 Å². The van der Waals surface area contributed by atoms with Crippen molar-refractivity contribution in [3.63, 3.8) is 0 Å². The van der Waals surface area contributed by atoms with Crippen molar-refractivity contribution in [1.82, 2.24) is 0 Å². The van der Waals surface area contributed by atoms with E-state index in [1.54, 1.807) is 19.1 Å². The average Bonchev–Trinajstić information content (AvgIpc) is 2.07. The smallest absolute Gasteiger partial charge is 0.780 e. The molecule has 90 valence electrons. The number of phosphoric acid groups is 1. The summed E-state index contributed by atoms with van der Waals surface area (Å²) in [7, 11) is -5.00. The van der Waals surface area contributed by atoms with Gasteiger partial charge in [-0.25, -0.2) is 0 Å². The molecule has 0 amide bonds. The fraction of sp³-hybridized carbons (Fsp3) is 0.400. The Morgan fingerprint density at radius 1 is 1.28 bits per heavy atom. The summed E-state index contributed by atoms with van der Waals surface area (Å²) >= 11 is 3.38. The SMILES string of the molecule is Cc1cc(Br)c(C(C)C)cc1OP(=O)([O-])[O-].[Na+].[Na+]. The van der Waals surface area contributed by atoms with E-state index in [1.807, 2.05) is 13.8 Å². The van der Waals surface area contributed by atoms with Gasteiger partial charge in [0.15, 0.2) is 0 Å². The van der Waals surface area contributed by atoms with Crippen molar-refractivity contribution >= 4 is 23.8 Å². The molecule has 0 heterocycles. The maximum atomic E-state index is 10.6. The van der Waals surface area contributed by atoms with E-state index in [2.05, 4.69) is 20.5 Å². The third-order valence-corrected chi connectivity index (χ3v) is 3.23. The molecule has 0 radical (unpaired) electrons. The van der Waals surface area contributed by atoms with Crippen LogP contribution in [0.5, 0.6) is 5.75 Å². The molecule has 0 fully saturated rings. The zero-order valence-electron chi connectivity index (χ0n) is 11.2. The van der Waals surface area contributed by atoms with Crippen LogP contribution in [0.2, 0.25) is 0 Å². The van der Waals surface area contributed by atoms with Crippen molar-refractivity contribution in [2.45, 2.75) is 26.7 Å². The zero-order valence-corrected chi connectivity index (χ0v) is 17.7. The molecular weight excluding hydrogens is 341 g/mol. The molecule has 1 aromatic rings. The van der Waals surface area contributed by atoms with Gasteiger partial charge in [-0.3, -0.25) is 0 Å². The molecule has 0 atom stereocenters. The first kappa shape index (κ1) is 21.9. The summed E-state index contributed by atoms with van der Waals surface area (Å²) in [4.78, 5) is 21.1. The Hall–Kier alpha value is 1.65. The Balaban J connectivity index is 0. The van der Waals surface area contributed by atoms with Gasteiger partial charge in [-0.1, -0.05) is 29.8 Å². The number of hydrogen-bond acceptors (Lipinski definition) is 4. The second kappa shape index (κ2) is 8.83. The van der Waals surface area contributed by atoms with Crippen LogP contribution in [0.4, 0.5) is 0 Å². The quantitative estimate of drug-likeness (QED) is 0.412. The Bertz CT molecular complexity index is 448. The van der Waals surface area contributed by atoms with Crippen molar-refractivity contribution in [3.8, 4) is 5.75 Å². The van der Waals surface area contributed by atoms with E-state index in [0.717, 1.165) is 10.0 Å². The van der Waals surface area contributed by atoms with E-state index in [1.165, 1.54) is 0 Å². The fourth-order valence-corrected chi connectivity index (χ4v) is 2.68. The topological polar surface area (TPSA) is 72.4 Å². The maximum absolute atomic E-state index is 10.6. The fourth-order valence-electron chi connectivity index (χ4n) is 1.33. The van der Waals surface area contributed by atoms with E-state index in [4.69, 9.17) is 0 Å². The van der Waals surface area contributed by atoms with Gasteiger partial charge in [0.05, 0.1) is 0 Å². The van der Waals surface area contributed by atoms with Crippen LogP contribution in [-0.4, -0.2) is 0 Å².